The summed E-state index contributed by atoms with van der Waals surface area (Å²) in [4.78, 5) is 1.94. The summed E-state index contributed by atoms with van der Waals surface area (Å²) in [6.45, 7) is 18.6. The molecule has 0 aliphatic rings. The highest BCUT2D eigenvalue weighted by atomic mass is 35.5. The molecule has 1 N–H and O–H groups in total. The molecule has 3 unspecified atom stereocenters. The van der Waals surface area contributed by atoms with E-state index in [4.69, 9.17) is 0 Å². The molecule has 160 valence electrons. The van der Waals surface area contributed by atoms with E-state index >= 15 is 0 Å². The summed E-state index contributed by atoms with van der Waals surface area (Å²) in [6.07, 6.45) is 16.8. The Kier molecular flexibility index (Phi) is 21.9. The molecule has 2 heteroatoms. The van der Waals surface area contributed by atoms with E-state index in [1.807, 2.05) is 4.90 Å². The highest BCUT2D eigenvalue weighted by molar-refractivity contribution is 4.61. The fourth-order valence-electron chi connectivity index (χ4n) is 4.30. The van der Waals surface area contributed by atoms with Gasteiger partial charge >= 0.3 is 0 Å². The van der Waals surface area contributed by atoms with Crippen LogP contribution in [-0.4, -0.2) is 19.6 Å². The van der Waals surface area contributed by atoms with Crippen LogP contribution in [-0.2, 0) is 0 Å². The minimum Gasteiger partial charge on any atom is -1.00 e. The number of unbranched alkanes of at least 4 members (excludes halogenated alkanes) is 3. The average Bonchev–Trinajstić information content (AvgIpc) is 2.64. The molecule has 1 nitrogen and oxygen atoms in total. The molecule has 0 rings (SSSR count). The van der Waals surface area contributed by atoms with Crippen molar-refractivity contribution < 1.29 is 17.3 Å². The van der Waals surface area contributed by atoms with Gasteiger partial charge in [0.2, 0.25) is 0 Å². The predicted octanol–water partition coefficient (Wildman–Crippen LogP) is 3.52. The van der Waals surface area contributed by atoms with Crippen molar-refractivity contribution in [3.63, 3.8) is 0 Å². The fourth-order valence-corrected chi connectivity index (χ4v) is 4.30. The number of hydrogen-bond donors (Lipinski definition) is 1. The number of hydrogen-bond acceptors (Lipinski definition) is 0. The van der Waals surface area contributed by atoms with E-state index in [0.717, 1.165) is 17.8 Å². The van der Waals surface area contributed by atoms with Crippen molar-refractivity contribution in [3.8, 4) is 0 Å². The average molecular weight is 390 g/mol. The van der Waals surface area contributed by atoms with Crippen molar-refractivity contribution >= 4 is 0 Å². The largest absolute Gasteiger partial charge is 1.00 e. The molecule has 0 amide bonds. The summed E-state index contributed by atoms with van der Waals surface area (Å²) >= 11 is 0. The minimum absolute atomic E-state index is 0. The van der Waals surface area contributed by atoms with Gasteiger partial charge in [0.1, 0.15) is 0 Å². The molecule has 0 saturated heterocycles. The van der Waals surface area contributed by atoms with Gasteiger partial charge in [-0.05, 0) is 38.5 Å². The van der Waals surface area contributed by atoms with Gasteiger partial charge in [-0.2, -0.15) is 0 Å². The second-order valence-electron chi connectivity index (χ2n) is 8.61. The Labute approximate surface area is 173 Å². The minimum atomic E-state index is 0. The summed E-state index contributed by atoms with van der Waals surface area (Å²) < 4.78 is 0. The van der Waals surface area contributed by atoms with Crippen LogP contribution < -0.4 is 17.3 Å². The molecule has 0 aliphatic carbocycles. The first-order valence-corrected chi connectivity index (χ1v) is 12.0. The van der Waals surface area contributed by atoms with E-state index in [0.29, 0.717) is 0 Å². The third-order valence-corrected chi connectivity index (χ3v) is 6.36. The maximum absolute atomic E-state index is 2.42. The molecule has 0 fully saturated rings. The van der Waals surface area contributed by atoms with Crippen LogP contribution in [0.4, 0.5) is 0 Å². The van der Waals surface area contributed by atoms with E-state index in [2.05, 4.69) is 41.5 Å². The maximum atomic E-state index is 2.42. The number of quaternary nitrogens is 1. The van der Waals surface area contributed by atoms with Crippen molar-refractivity contribution in [2.75, 3.05) is 19.6 Å². The van der Waals surface area contributed by atoms with Gasteiger partial charge in [0.15, 0.2) is 0 Å². The second kappa shape index (κ2) is 20.0. The molecule has 0 radical (unpaired) electrons. The molecular weight excluding hydrogens is 338 g/mol. The van der Waals surface area contributed by atoms with Gasteiger partial charge in [-0.15, -0.1) is 0 Å². The predicted molar refractivity (Wildman–Crippen MR) is 115 cm³/mol. The van der Waals surface area contributed by atoms with Crippen molar-refractivity contribution in [1.29, 1.82) is 0 Å². The van der Waals surface area contributed by atoms with E-state index in [9.17, 15) is 0 Å². The monoisotopic (exact) mass is 389 g/mol. The van der Waals surface area contributed by atoms with Crippen LogP contribution in [0.3, 0.4) is 0 Å². The zero-order chi connectivity index (χ0) is 18.9. The van der Waals surface area contributed by atoms with Crippen LogP contribution in [0, 0.1) is 17.8 Å². The number of halogens is 1. The van der Waals surface area contributed by atoms with Crippen molar-refractivity contribution in [1.82, 2.24) is 0 Å². The summed E-state index contributed by atoms with van der Waals surface area (Å²) in [5, 5.41) is 0. The standard InChI is InChI=1S/C24H51N.ClH/c1-7-13-16-22(10-4)19-25(20-23(11-5)17-14-8-2)21-24(12-6)18-15-9-3;/h22-24H,7-21H2,1-6H3;1H. The first-order chi connectivity index (χ1) is 12.1. The molecule has 0 saturated carbocycles. The van der Waals surface area contributed by atoms with E-state index in [-0.39, 0.29) is 12.4 Å². The molecule has 0 heterocycles. The highest BCUT2D eigenvalue weighted by Crippen LogP contribution is 2.14. The second-order valence-corrected chi connectivity index (χ2v) is 8.61. The van der Waals surface area contributed by atoms with Gasteiger partial charge in [0, 0.05) is 17.8 Å². The third kappa shape index (κ3) is 14.3. The summed E-state index contributed by atoms with van der Waals surface area (Å²) in [6, 6.07) is 0. The topological polar surface area (TPSA) is 4.44 Å². The van der Waals surface area contributed by atoms with Crippen LogP contribution >= 0.6 is 0 Å². The molecule has 0 aromatic carbocycles. The Hall–Kier alpha value is 0.250. The Morgan fingerprint density at radius 2 is 0.769 bits per heavy atom. The zero-order valence-corrected chi connectivity index (χ0v) is 20.0. The quantitative estimate of drug-likeness (QED) is 0.365. The molecule has 3 atom stereocenters. The first-order valence-electron chi connectivity index (χ1n) is 12.0. The molecule has 0 aromatic rings. The van der Waals surface area contributed by atoms with Gasteiger partial charge in [0.05, 0.1) is 19.6 Å². The molecule has 0 bridgehead atoms. The third-order valence-electron chi connectivity index (χ3n) is 6.36. The lowest BCUT2D eigenvalue weighted by Gasteiger charge is -2.30. The SMILES string of the molecule is CCCCC(CC)C[NH+](CC(CC)CCCC)CC(CC)CCCC.[Cl-]. The van der Waals surface area contributed by atoms with Crippen molar-refractivity contribution in [2.24, 2.45) is 17.8 Å². The van der Waals surface area contributed by atoms with E-state index < -0.39 is 0 Å². The summed E-state index contributed by atoms with van der Waals surface area (Å²) in [7, 11) is 0. The molecule has 0 aromatic heterocycles. The number of nitrogens with one attached hydrogen (secondary N) is 1. The Bertz CT molecular complexity index is 226. The molecular formula is C24H52ClN. The Balaban J connectivity index is 0. The lowest BCUT2D eigenvalue weighted by molar-refractivity contribution is -0.910. The van der Waals surface area contributed by atoms with Gasteiger partial charge in [-0.3, -0.25) is 0 Å². The van der Waals surface area contributed by atoms with Crippen LogP contribution in [0.15, 0.2) is 0 Å². The zero-order valence-electron chi connectivity index (χ0n) is 19.2. The summed E-state index contributed by atoms with van der Waals surface area (Å²) in [5.74, 6) is 2.84. The first kappa shape index (κ1) is 28.5. The van der Waals surface area contributed by atoms with Gasteiger partial charge < -0.3 is 17.3 Å². The van der Waals surface area contributed by atoms with Gasteiger partial charge in [-0.25, -0.2) is 0 Å². The molecule has 0 aliphatic heterocycles. The Morgan fingerprint density at radius 3 is 0.962 bits per heavy atom. The van der Waals surface area contributed by atoms with Crippen molar-refractivity contribution in [2.45, 2.75) is 119 Å². The molecule has 26 heavy (non-hydrogen) atoms. The normalized spacial score (nSPS) is 15.9. The maximum Gasteiger partial charge on any atom is 0.0799 e. The van der Waals surface area contributed by atoms with E-state index in [1.165, 1.54) is 96.7 Å². The number of rotatable bonds is 18. The van der Waals surface area contributed by atoms with Crippen LogP contribution in [0.1, 0.15) is 119 Å². The molecule has 0 spiro atoms. The lowest BCUT2D eigenvalue weighted by Crippen LogP contribution is -3.14. The van der Waals surface area contributed by atoms with Gasteiger partial charge in [-0.1, -0.05) is 80.1 Å². The Morgan fingerprint density at radius 1 is 0.500 bits per heavy atom. The van der Waals surface area contributed by atoms with Gasteiger partial charge in [0.25, 0.3) is 0 Å². The smallest absolute Gasteiger partial charge is 0.0799 e. The van der Waals surface area contributed by atoms with Crippen molar-refractivity contribution in [3.05, 3.63) is 0 Å². The van der Waals surface area contributed by atoms with E-state index in [1.54, 1.807) is 0 Å². The fraction of sp³-hybridized carbons (Fsp3) is 1.00. The van der Waals surface area contributed by atoms with Crippen LogP contribution in [0.25, 0.3) is 0 Å². The van der Waals surface area contributed by atoms with Crippen LogP contribution in [0.5, 0.6) is 0 Å². The van der Waals surface area contributed by atoms with Crippen LogP contribution in [0.2, 0.25) is 0 Å². The highest BCUT2D eigenvalue weighted by Gasteiger charge is 2.22. The lowest BCUT2D eigenvalue weighted by atomic mass is 9.93. The summed E-state index contributed by atoms with van der Waals surface area (Å²) in [5.41, 5.74) is 0.